The molecule has 0 bridgehead atoms. The van der Waals surface area contributed by atoms with Gasteiger partial charge in [-0.05, 0) is 43.1 Å². The molecule has 1 aromatic heterocycles. The zero-order valence-corrected chi connectivity index (χ0v) is 19.8. The molecule has 1 N–H and O–H groups in total. The molecule has 0 saturated carbocycles. The van der Waals surface area contributed by atoms with Gasteiger partial charge < -0.3 is 14.6 Å². The third kappa shape index (κ3) is 4.56. The number of carbonyl (C=O) groups excluding carboxylic acids is 1. The Morgan fingerprint density at radius 3 is 2.41 bits per heavy atom. The minimum Gasteiger partial charge on any atom is -0.451 e. The molecule has 0 spiro atoms. The second-order valence-electron chi connectivity index (χ2n) is 7.66. The maximum absolute atomic E-state index is 13.0. The molecule has 1 aliphatic heterocycles. The van der Waals surface area contributed by atoms with Crippen LogP contribution in [0.3, 0.4) is 0 Å². The lowest BCUT2D eigenvalue weighted by atomic mass is 10.1. The van der Waals surface area contributed by atoms with E-state index in [1.807, 2.05) is 30.5 Å². The molecule has 0 unspecified atom stereocenters. The first kappa shape index (κ1) is 22.8. The summed E-state index contributed by atoms with van der Waals surface area (Å²) in [7, 11) is -3.55. The Labute approximate surface area is 192 Å². The first-order valence-corrected chi connectivity index (χ1v) is 13.4. The number of nitrogens with one attached hydrogen (secondary N) is 1. The van der Waals surface area contributed by atoms with Crippen molar-refractivity contribution in [2.45, 2.75) is 17.6 Å². The summed E-state index contributed by atoms with van der Waals surface area (Å²) in [6.45, 7) is 5.44. The number of anilines is 1. The van der Waals surface area contributed by atoms with Gasteiger partial charge in [-0.25, -0.2) is 8.42 Å². The number of furan rings is 1. The number of hydrogen-bond donors (Lipinski definition) is 1. The first-order valence-electron chi connectivity index (χ1n) is 10.6. The lowest BCUT2D eigenvalue weighted by Crippen LogP contribution is -2.48. The highest BCUT2D eigenvalue weighted by Crippen LogP contribution is 2.29. The van der Waals surface area contributed by atoms with E-state index in [0.717, 1.165) is 30.6 Å². The normalized spacial score (nSPS) is 15.8. The van der Waals surface area contributed by atoms with Crippen LogP contribution >= 0.6 is 11.8 Å². The van der Waals surface area contributed by atoms with Crippen molar-refractivity contribution < 1.29 is 17.6 Å². The Kier molecular flexibility index (Phi) is 6.90. The number of rotatable bonds is 7. The van der Waals surface area contributed by atoms with Crippen molar-refractivity contribution in [2.75, 3.05) is 44.3 Å². The van der Waals surface area contributed by atoms with Gasteiger partial charge in [-0.2, -0.15) is 16.1 Å². The van der Waals surface area contributed by atoms with Gasteiger partial charge in [-0.15, -0.1) is 0 Å². The molecule has 2 aromatic carbocycles. The number of sulfonamides is 1. The molecule has 0 aliphatic carbocycles. The van der Waals surface area contributed by atoms with E-state index in [1.165, 1.54) is 4.31 Å². The lowest BCUT2D eigenvalue weighted by molar-refractivity contribution is 0.0998. The van der Waals surface area contributed by atoms with Crippen molar-refractivity contribution in [1.29, 1.82) is 0 Å². The van der Waals surface area contributed by atoms with Gasteiger partial charge in [0.05, 0.1) is 4.90 Å². The molecule has 2 heterocycles. The summed E-state index contributed by atoms with van der Waals surface area (Å²) in [5, 5.41) is 3.76. The van der Waals surface area contributed by atoms with Crippen LogP contribution in [0, 0.1) is 0 Å². The number of benzene rings is 2. The third-order valence-electron chi connectivity index (χ3n) is 5.72. The topological polar surface area (TPSA) is 82.9 Å². The number of fused-ring (bicyclic) bond motifs is 1. The number of hydrogen-bond acceptors (Lipinski definition) is 6. The number of nitrogens with zero attached hydrogens (tertiary/aromatic N) is 2. The standard InChI is InChI=1S/C23H27N3O4S2/c1-3-25-12-14-26(15-13-25)32(28,29)18-10-8-17(9-11-18)24-23(27)22-20(16-31-2)19-6-4-5-7-21(19)30-22/h4-11H,3,12-16H2,1-2H3,(H,24,27). The summed E-state index contributed by atoms with van der Waals surface area (Å²) >= 11 is 1.62. The summed E-state index contributed by atoms with van der Waals surface area (Å²) in [4.78, 5) is 15.4. The van der Waals surface area contributed by atoms with Crippen molar-refractivity contribution in [1.82, 2.24) is 9.21 Å². The highest BCUT2D eigenvalue weighted by Gasteiger charge is 2.28. The van der Waals surface area contributed by atoms with Crippen LogP contribution in [-0.2, 0) is 15.8 Å². The van der Waals surface area contributed by atoms with E-state index in [9.17, 15) is 13.2 Å². The second kappa shape index (κ2) is 9.66. The average molecular weight is 474 g/mol. The molecule has 1 fully saturated rings. The quantitative estimate of drug-likeness (QED) is 0.561. The van der Waals surface area contributed by atoms with Crippen molar-refractivity contribution in [3.8, 4) is 0 Å². The molecular formula is C23H27N3O4S2. The van der Waals surface area contributed by atoms with Crippen LogP contribution in [0.1, 0.15) is 23.0 Å². The fraction of sp³-hybridized carbons (Fsp3) is 0.348. The van der Waals surface area contributed by atoms with Crippen LogP contribution < -0.4 is 5.32 Å². The van der Waals surface area contributed by atoms with Crippen LogP contribution in [0.5, 0.6) is 0 Å². The average Bonchev–Trinajstić information content (AvgIpc) is 3.18. The van der Waals surface area contributed by atoms with Gasteiger partial charge in [0.2, 0.25) is 10.0 Å². The summed E-state index contributed by atoms with van der Waals surface area (Å²) in [6, 6.07) is 13.9. The second-order valence-corrected chi connectivity index (χ2v) is 10.5. The van der Waals surface area contributed by atoms with Gasteiger partial charge in [-0.3, -0.25) is 4.79 Å². The van der Waals surface area contributed by atoms with Crippen molar-refractivity contribution in [3.63, 3.8) is 0 Å². The molecule has 1 amide bonds. The van der Waals surface area contributed by atoms with E-state index in [0.29, 0.717) is 30.1 Å². The van der Waals surface area contributed by atoms with Gasteiger partial charge in [-0.1, -0.05) is 25.1 Å². The van der Waals surface area contributed by atoms with E-state index in [4.69, 9.17) is 4.42 Å². The zero-order chi connectivity index (χ0) is 22.7. The van der Waals surface area contributed by atoms with Crippen molar-refractivity contribution >= 4 is 44.3 Å². The van der Waals surface area contributed by atoms with Crippen molar-refractivity contribution in [2.24, 2.45) is 0 Å². The van der Waals surface area contributed by atoms with Crippen LogP contribution in [0.25, 0.3) is 11.0 Å². The third-order valence-corrected chi connectivity index (χ3v) is 8.21. The molecular weight excluding hydrogens is 446 g/mol. The summed E-state index contributed by atoms with van der Waals surface area (Å²) in [5.74, 6) is 0.588. The van der Waals surface area contributed by atoms with Crippen LogP contribution in [0.15, 0.2) is 57.8 Å². The fourth-order valence-corrected chi connectivity index (χ4v) is 5.90. The largest absolute Gasteiger partial charge is 0.451 e. The summed E-state index contributed by atoms with van der Waals surface area (Å²) in [5.41, 5.74) is 2.04. The van der Waals surface area contributed by atoms with Gasteiger partial charge in [0.25, 0.3) is 5.91 Å². The Morgan fingerprint density at radius 2 is 1.75 bits per heavy atom. The van der Waals surface area contributed by atoms with Crippen molar-refractivity contribution in [3.05, 3.63) is 59.9 Å². The Balaban J connectivity index is 1.50. The number of amides is 1. The highest BCUT2D eigenvalue weighted by atomic mass is 32.2. The zero-order valence-electron chi connectivity index (χ0n) is 18.2. The molecule has 170 valence electrons. The molecule has 9 heteroatoms. The van der Waals surface area contributed by atoms with Gasteiger partial charge in [0.1, 0.15) is 5.58 Å². The number of para-hydroxylation sites is 1. The minimum absolute atomic E-state index is 0.229. The molecule has 32 heavy (non-hydrogen) atoms. The number of piperazine rings is 1. The molecule has 1 aliphatic rings. The Bertz CT molecular complexity index is 1200. The van der Waals surface area contributed by atoms with Crippen LogP contribution in [0.2, 0.25) is 0 Å². The van der Waals surface area contributed by atoms with E-state index in [-0.39, 0.29) is 16.6 Å². The van der Waals surface area contributed by atoms with Gasteiger partial charge in [0.15, 0.2) is 5.76 Å². The molecule has 0 atom stereocenters. The minimum atomic E-state index is -3.55. The van der Waals surface area contributed by atoms with E-state index in [2.05, 4.69) is 17.1 Å². The lowest BCUT2D eigenvalue weighted by Gasteiger charge is -2.33. The van der Waals surface area contributed by atoms with Crippen LogP contribution in [0.4, 0.5) is 5.69 Å². The number of likely N-dealkylation sites (N-methyl/N-ethyl adjacent to an activating group) is 1. The van der Waals surface area contributed by atoms with Crippen LogP contribution in [-0.4, -0.2) is 62.5 Å². The fourth-order valence-electron chi connectivity index (χ4n) is 3.90. The predicted octanol–water partition coefficient (Wildman–Crippen LogP) is 3.87. The predicted molar refractivity (Wildman–Crippen MR) is 129 cm³/mol. The molecule has 0 radical (unpaired) electrons. The van der Waals surface area contributed by atoms with Gasteiger partial charge in [0, 0.05) is 48.6 Å². The molecule has 4 rings (SSSR count). The number of carbonyl (C=O) groups is 1. The first-order chi connectivity index (χ1) is 15.4. The molecule has 3 aromatic rings. The molecule has 1 saturated heterocycles. The smallest absolute Gasteiger partial charge is 0.291 e. The van der Waals surface area contributed by atoms with E-state index in [1.54, 1.807) is 36.0 Å². The monoisotopic (exact) mass is 473 g/mol. The Hall–Kier alpha value is -2.33. The highest BCUT2D eigenvalue weighted by molar-refractivity contribution is 7.97. The Morgan fingerprint density at radius 1 is 1.06 bits per heavy atom. The van der Waals surface area contributed by atoms with E-state index < -0.39 is 10.0 Å². The van der Waals surface area contributed by atoms with Gasteiger partial charge >= 0.3 is 0 Å². The maximum atomic E-state index is 13.0. The SMILES string of the molecule is CCN1CCN(S(=O)(=O)c2ccc(NC(=O)c3oc4ccccc4c3CSC)cc2)CC1. The summed E-state index contributed by atoms with van der Waals surface area (Å²) < 4.78 is 33.3. The number of thioether (sulfide) groups is 1. The summed E-state index contributed by atoms with van der Waals surface area (Å²) in [6.07, 6.45) is 1.98. The molecule has 7 nitrogen and oxygen atoms in total. The van der Waals surface area contributed by atoms with E-state index >= 15 is 0 Å². The maximum Gasteiger partial charge on any atom is 0.291 e.